The van der Waals surface area contributed by atoms with Crippen LogP contribution >= 0.6 is 0 Å². The van der Waals surface area contributed by atoms with E-state index in [1.807, 2.05) is 0 Å². The molecule has 0 radical (unpaired) electrons. The van der Waals surface area contributed by atoms with Crippen LogP contribution in [-0.4, -0.2) is 49.9 Å². The first-order valence-electron chi connectivity index (χ1n) is 10.2. The Balaban J connectivity index is 1.34. The van der Waals surface area contributed by atoms with E-state index < -0.39 is 28.5 Å². The number of fused-ring (bicyclic) bond motifs is 1. The monoisotopic (exact) mass is 486 g/mol. The number of anilines is 2. The summed E-state index contributed by atoms with van der Waals surface area (Å²) < 4.78 is 45.2. The summed E-state index contributed by atoms with van der Waals surface area (Å²) in [6.07, 6.45) is 0. The molecule has 2 aromatic carbocycles. The van der Waals surface area contributed by atoms with E-state index in [1.165, 1.54) is 47.1 Å². The van der Waals surface area contributed by atoms with E-state index in [4.69, 9.17) is 14.2 Å². The van der Waals surface area contributed by atoms with E-state index in [1.54, 1.807) is 20.0 Å². The van der Waals surface area contributed by atoms with Crippen molar-refractivity contribution in [3.63, 3.8) is 0 Å². The lowest BCUT2D eigenvalue weighted by molar-refractivity contribution is -0.119. The number of hydrogen-bond acceptors (Lipinski definition) is 8. The molecule has 12 heteroatoms. The van der Waals surface area contributed by atoms with Gasteiger partial charge in [0.1, 0.15) is 19.0 Å². The predicted molar refractivity (Wildman–Crippen MR) is 122 cm³/mol. The van der Waals surface area contributed by atoms with Crippen LogP contribution in [0.15, 0.2) is 53.4 Å². The fraction of sp³-hybridized carbons (Fsp3) is 0.227. The first-order valence-corrected chi connectivity index (χ1v) is 11.7. The summed E-state index contributed by atoms with van der Waals surface area (Å²) in [6, 6.07) is 11.7. The second kappa shape index (κ2) is 9.43. The highest BCUT2D eigenvalue weighted by Gasteiger charge is 2.20. The zero-order valence-electron chi connectivity index (χ0n) is 18.4. The highest BCUT2D eigenvalue weighted by molar-refractivity contribution is 7.92. The highest BCUT2D eigenvalue weighted by Crippen LogP contribution is 2.32. The van der Waals surface area contributed by atoms with Gasteiger partial charge in [0.25, 0.3) is 15.9 Å². The standard InChI is InChI=1S/C22H22N4O7S/c1-14-11-20(26(2)24-14)23-21(27)13-33-22(28)15-3-5-16(6-4-15)25-34(29,30)17-7-8-18-19(12-17)32-10-9-31-18/h3-8,11-12,25H,9-10,13H2,1-2H3,(H,23,27). The van der Waals surface area contributed by atoms with E-state index >= 15 is 0 Å². The molecule has 1 aliphatic heterocycles. The number of benzene rings is 2. The molecular formula is C22H22N4O7S. The molecule has 178 valence electrons. The van der Waals surface area contributed by atoms with Gasteiger partial charge in [-0.1, -0.05) is 0 Å². The average molecular weight is 487 g/mol. The third-order valence-electron chi connectivity index (χ3n) is 4.80. The van der Waals surface area contributed by atoms with Crippen LogP contribution in [0.3, 0.4) is 0 Å². The van der Waals surface area contributed by atoms with Gasteiger partial charge in [-0.2, -0.15) is 5.10 Å². The van der Waals surface area contributed by atoms with Crippen molar-refractivity contribution in [3.05, 3.63) is 59.8 Å². The van der Waals surface area contributed by atoms with Crippen LogP contribution in [0.1, 0.15) is 16.1 Å². The molecule has 0 fully saturated rings. The maximum atomic E-state index is 12.7. The van der Waals surface area contributed by atoms with Gasteiger partial charge in [0, 0.05) is 24.9 Å². The fourth-order valence-electron chi connectivity index (χ4n) is 3.20. The second-order valence-electron chi connectivity index (χ2n) is 7.41. The van der Waals surface area contributed by atoms with Crippen molar-refractivity contribution in [3.8, 4) is 11.5 Å². The van der Waals surface area contributed by atoms with Gasteiger partial charge in [-0.25, -0.2) is 13.2 Å². The largest absolute Gasteiger partial charge is 0.486 e. The topological polar surface area (TPSA) is 138 Å². The lowest BCUT2D eigenvalue weighted by atomic mass is 10.2. The Morgan fingerprint density at radius 1 is 1.06 bits per heavy atom. The molecule has 2 heterocycles. The third kappa shape index (κ3) is 5.29. The van der Waals surface area contributed by atoms with Gasteiger partial charge < -0.3 is 19.5 Å². The minimum Gasteiger partial charge on any atom is -0.486 e. The zero-order valence-corrected chi connectivity index (χ0v) is 19.2. The van der Waals surface area contributed by atoms with Crippen LogP contribution in [0.5, 0.6) is 11.5 Å². The van der Waals surface area contributed by atoms with Gasteiger partial charge >= 0.3 is 5.97 Å². The van der Waals surface area contributed by atoms with Gasteiger partial charge in [-0.15, -0.1) is 0 Å². The van der Waals surface area contributed by atoms with Crippen LogP contribution in [0.2, 0.25) is 0 Å². The number of aromatic nitrogens is 2. The Morgan fingerprint density at radius 2 is 1.76 bits per heavy atom. The van der Waals surface area contributed by atoms with Crippen LogP contribution in [0.25, 0.3) is 0 Å². The summed E-state index contributed by atoms with van der Waals surface area (Å²) in [6.45, 7) is 2.05. The first kappa shape index (κ1) is 23.1. The number of sulfonamides is 1. The summed E-state index contributed by atoms with van der Waals surface area (Å²) in [5.41, 5.74) is 1.14. The Hall–Kier alpha value is -4.06. The number of hydrogen-bond donors (Lipinski definition) is 2. The molecule has 2 N–H and O–H groups in total. The SMILES string of the molecule is Cc1cc(NC(=O)COC(=O)c2ccc(NS(=O)(=O)c3ccc4c(c3)OCCO4)cc2)n(C)n1. The third-order valence-corrected chi connectivity index (χ3v) is 6.18. The number of aryl methyl sites for hydroxylation is 2. The number of esters is 1. The summed E-state index contributed by atoms with van der Waals surface area (Å²) in [5.74, 6) is 0.0814. The van der Waals surface area contributed by atoms with Gasteiger partial charge in [0.2, 0.25) is 0 Å². The van der Waals surface area contributed by atoms with Crippen molar-refractivity contribution in [2.75, 3.05) is 29.9 Å². The molecule has 1 amide bonds. The number of carbonyl (C=O) groups is 2. The fourth-order valence-corrected chi connectivity index (χ4v) is 4.27. The Labute approximate surface area is 195 Å². The van der Waals surface area contributed by atoms with E-state index in [0.717, 1.165) is 5.69 Å². The minimum absolute atomic E-state index is 0.00913. The summed E-state index contributed by atoms with van der Waals surface area (Å²) in [4.78, 5) is 24.3. The highest BCUT2D eigenvalue weighted by atomic mass is 32.2. The minimum atomic E-state index is -3.89. The quantitative estimate of drug-likeness (QED) is 0.484. The van der Waals surface area contributed by atoms with Crippen molar-refractivity contribution in [1.29, 1.82) is 0 Å². The molecule has 0 unspecified atom stereocenters. The predicted octanol–water partition coefficient (Wildman–Crippen LogP) is 2.10. The first-order chi connectivity index (χ1) is 16.2. The number of nitrogens with zero attached hydrogens (tertiary/aromatic N) is 2. The normalized spacial score (nSPS) is 12.6. The molecule has 1 aromatic heterocycles. The van der Waals surface area contributed by atoms with Crippen molar-refractivity contribution < 1.29 is 32.2 Å². The van der Waals surface area contributed by atoms with E-state index in [0.29, 0.717) is 30.5 Å². The smallest absolute Gasteiger partial charge is 0.338 e. The number of nitrogens with one attached hydrogen (secondary N) is 2. The second-order valence-corrected chi connectivity index (χ2v) is 9.09. The Bertz CT molecular complexity index is 1330. The Kier molecular flexibility index (Phi) is 6.41. The molecule has 34 heavy (non-hydrogen) atoms. The molecule has 1 aliphatic rings. The van der Waals surface area contributed by atoms with Crippen LogP contribution in [-0.2, 0) is 26.6 Å². The average Bonchev–Trinajstić information content (AvgIpc) is 3.13. The lowest BCUT2D eigenvalue weighted by Gasteiger charge is -2.19. The van der Waals surface area contributed by atoms with Crippen molar-refractivity contribution >= 4 is 33.4 Å². The van der Waals surface area contributed by atoms with Gasteiger partial charge in [-0.05, 0) is 43.3 Å². The lowest BCUT2D eigenvalue weighted by Crippen LogP contribution is -2.22. The van der Waals surface area contributed by atoms with E-state index in [9.17, 15) is 18.0 Å². The molecule has 0 saturated heterocycles. The van der Waals surface area contributed by atoms with Crippen molar-refractivity contribution in [2.24, 2.45) is 7.05 Å². The van der Waals surface area contributed by atoms with Crippen LogP contribution in [0, 0.1) is 6.92 Å². The molecule has 0 spiro atoms. The number of carbonyl (C=O) groups excluding carboxylic acids is 2. The molecule has 0 atom stereocenters. The van der Waals surface area contributed by atoms with Gasteiger partial charge in [0.15, 0.2) is 18.1 Å². The number of amides is 1. The molecule has 0 aliphatic carbocycles. The molecule has 3 aromatic rings. The summed E-state index contributed by atoms with van der Waals surface area (Å²) in [5, 5.41) is 6.71. The van der Waals surface area contributed by atoms with Crippen LogP contribution < -0.4 is 19.5 Å². The molecule has 0 saturated carbocycles. The van der Waals surface area contributed by atoms with Crippen molar-refractivity contribution in [2.45, 2.75) is 11.8 Å². The molecule has 0 bridgehead atoms. The number of ether oxygens (including phenoxy) is 3. The Morgan fingerprint density at radius 3 is 2.44 bits per heavy atom. The van der Waals surface area contributed by atoms with Gasteiger partial charge in [-0.3, -0.25) is 14.2 Å². The van der Waals surface area contributed by atoms with E-state index in [-0.39, 0.29) is 16.1 Å². The molecule has 11 nitrogen and oxygen atoms in total. The zero-order chi connectivity index (χ0) is 24.3. The number of rotatable bonds is 7. The maximum Gasteiger partial charge on any atom is 0.338 e. The summed E-state index contributed by atoms with van der Waals surface area (Å²) in [7, 11) is -2.22. The van der Waals surface area contributed by atoms with E-state index in [2.05, 4.69) is 15.1 Å². The van der Waals surface area contributed by atoms with Crippen LogP contribution in [0.4, 0.5) is 11.5 Å². The maximum absolute atomic E-state index is 12.7. The van der Waals surface area contributed by atoms with Gasteiger partial charge in [0.05, 0.1) is 16.2 Å². The van der Waals surface area contributed by atoms with Crippen molar-refractivity contribution in [1.82, 2.24) is 9.78 Å². The molecule has 4 rings (SSSR count). The summed E-state index contributed by atoms with van der Waals surface area (Å²) >= 11 is 0. The molecular weight excluding hydrogens is 464 g/mol.